The number of alkyl halides is 4. The molecular formula is C16H32I4. The lowest BCUT2D eigenvalue weighted by Crippen LogP contribution is -1.80. The molecule has 0 heterocycles. The monoisotopic (exact) mass is 732 g/mol. The van der Waals surface area contributed by atoms with Crippen molar-refractivity contribution >= 4 is 90.4 Å². The van der Waals surface area contributed by atoms with Gasteiger partial charge >= 0.3 is 0 Å². The van der Waals surface area contributed by atoms with E-state index in [1.54, 1.807) is 0 Å². The topological polar surface area (TPSA) is 0 Å². The van der Waals surface area contributed by atoms with Crippen molar-refractivity contribution in [2.75, 3.05) is 17.7 Å². The van der Waals surface area contributed by atoms with Crippen LogP contribution < -0.4 is 0 Å². The zero-order valence-corrected chi connectivity index (χ0v) is 21.5. The van der Waals surface area contributed by atoms with Crippen LogP contribution >= 0.6 is 90.4 Å². The van der Waals surface area contributed by atoms with Crippen LogP contribution in [-0.4, -0.2) is 17.7 Å². The molecule has 0 nitrogen and oxygen atoms in total. The number of hydrogen-bond acceptors (Lipinski definition) is 0. The lowest BCUT2D eigenvalue weighted by atomic mass is 10.1. The van der Waals surface area contributed by atoms with E-state index in [2.05, 4.69) is 90.4 Å². The van der Waals surface area contributed by atoms with Gasteiger partial charge in [0.2, 0.25) is 0 Å². The van der Waals surface area contributed by atoms with Crippen molar-refractivity contribution < 1.29 is 0 Å². The van der Waals surface area contributed by atoms with Crippen molar-refractivity contribution in [3.8, 4) is 0 Å². The highest BCUT2D eigenvalue weighted by Crippen LogP contribution is 2.08. The van der Waals surface area contributed by atoms with Gasteiger partial charge in [-0.15, -0.1) is 0 Å². The van der Waals surface area contributed by atoms with Gasteiger partial charge in [0.05, 0.1) is 0 Å². The van der Waals surface area contributed by atoms with E-state index >= 15 is 0 Å². The second kappa shape index (κ2) is 26.8. The van der Waals surface area contributed by atoms with E-state index in [4.69, 9.17) is 0 Å². The minimum Gasteiger partial charge on any atom is -0.0864 e. The normalized spacial score (nSPS) is 10.2. The number of halogens is 4. The molecule has 0 fully saturated rings. The average Bonchev–Trinajstić information content (AvgIpc) is 2.47. The van der Waals surface area contributed by atoms with Gasteiger partial charge in [0, 0.05) is 0 Å². The molecule has 0 atom stereocenters. The second-order valence-corrected chi connectivity index (χ2v) is 9.31. The summed E-state index contributed by atoms with van der Waals surface area (Å²) in [4.78, 5) is 0. The van der Waals surface area contributed by atoms with Crippen LogP contribution in [-0.2, 0) is 0 Å². The highest BCUT2D eigenvalue weighted by Gasteiger charge is 1.89. The van der Waals surface area contributed by atoms with Crippen LogP contribution in [0, 0.1) is 0 Å². The highest BCUT2D eigenvalue weighted by molar-refractivity contribution is 14.1. The molecule has 0 aromatic carbocycles. The summed E-state index contributed by atoms with van der Waals surface area (Å²) in [5.41, 5.74) is 0. The molecule has 0 aromatic heterocycles. The maximum atomic E-state index is 2.45. The summed E-state index contributed by atoms with van der Waals surface area (Å²) in [5.74, 6) is 0. The molecule has 0 spiro atoms. The zero-order valence-electron chi connectivity index (χ0n) is 12.8. The molecule has 0 radical (unpaired) electrons. The van der Waals surface area contributed by atoms with Gasteiger partial charge in [-0.05, 0) is 43.4 Å². The van der Waals surface area contributed by atoms with Crippen molar-refractivity contribution in [2.45, 2.75) is 77.0 Å². The molecule has 0 bridgehead atoms. The van der Waals surface area contributed by atoms with Crippen molar-refractivity contribution in [1.29, 1.82) is 0 Å². The third-order valence-corrected chi connectivity index (χ3v) is 6.09. The van der Waals surface area contributed by atoms with Crippen LogP contribution in [0.4, 0.5) is 0 Å². The van der Waals surface area contributed by atoms with Gasteiger partial charge in [0.25, 0.3) is 0 Å². The molecule has 0 N–H and O–H groups in total. The maximum absolute atomic E-state index is 2.45. The van der Waals surface area contributed by atoms with Crippen LogP contribution in [0.2, 0.25) is 0 Å². The van der Waals surface area contributed by atoms with Gasteiger partial charge in [-0.1, -0.05) is 142 Å². The SMILES string of the molecule is ICCCCCCCCI.ICCCCCCCCI. The summed E-state index contributed by atoms with van der Waals surface area (Å²) >= 11 is 9.82. The van der Waals surface area contributed by atoms with Crippen LogP contribution in [0.3, 0.4) is 0 Å². The van der Waals surface area contributed by atoms with E-state index in [9.17, 15) is 0 Å². The average molecular weight is 732 g/mol. The molecule has 0 rings (SSSR count). The molecule has 0 aliphatic carbocycles. The molecular weight excluding hydrogens is 700 g/mol. The fourth-order valence-corrected chi connectivity index (χ4v) is 3.95. The minimum absolute atomic E-state index is 1.34. The van der Waals surface area contributed by atoms with Crippen LogP contribution in [0.15, 0.2) is 0 Å². The molecule has 0 saturated heterocycles. The van der Waals surface area contributed by atoms with Crippen molar-refractivity contribution in [3.05, 3.63) is 0 Å². The molecule has 0 amide bonds. The van der Waals surface area contributed by atoms with Gasteiger partial charge < -0.3 is 0 Å². The molecule has 0 aliphatic heterocycles. The Hall–Kier alpha value is 2.92. The smallest absolute Gasteiger partial charge is 0.000473 e. The fraction of sp³-hybridized carbons (Fsp3) is 1.00. The minimum atomic E-state index is 1.34. The van der Waals surface area contributed by atoms with Crippen molar-refractivity contribution in [3.63, 3.8) is 0 Å². The largest absolute Gasteiger partial charge is 0.0864 e. The van der Waals surface area contributed by atoms with Crippen LogP contribution in [0.1, 0.15) is 77.0 Å². The van der Waals surface area contributed by atoms with Gasteiger partial charge in [0.1, 0.15) is 0 Å². The Morgan fingerprint density at radius 3 is 0.550 bits per heavy atom. The summed E-state index contributed by atoms with van der Waals surface area (Å²) in [7, 11) is 0. The summed E-state index contributed by atoms with van der Waals surface area (Å²) in [6.07, 6.45) is 17.3. The molecule has 0 aliphatic rings. The van der Waals surface area contributed by atoms with E-state index in [1.165, 1.54) is 94.8 Å². The second-order valence-electron chi connectivity index (χ2n) is 5.00. The van der Waals surface area contributed by atoms with Crippen LogP contribution in [0.25, 0.3) is 0 Å². The van der Waals surface area contributed by atoms with E-state index < -0.39 is 0 Å². The Balaban J connectivity index is 0. The Kier molecular flexibility index (Phi) is 33.7. The summed E-state index contributed by atoms with van der Waals surface area (Å²) in [5, 5.41) is 0. The standard InChI is InChI=1S/2C8H16I2/c2*9-7-5-3-1-2-4-6-8-10/h2*1-8H2. The highest BCUT2D eigenvalue weighted by atomic mass is 127. The molecule has 124 valence electrons. The van der Waals surface area contributed by atoms with Crippen molar-refractivity contribution in [2.24, 2.45) is 0 Å². The van der Waals surface area contributed by atoms with E-state index in [0.717, 1.165) is 0 Å². The quantitative estimate of drug-likeness (QED) is 0.0957. The molecule has 20 heavy (non-hydrogen) atoms. The maximum Gasteiger partial charge on any atom is -0.000473 e. The van der Waals surface area contributed by atoms with Gasteiger partial charge in [-0.25, -0.2) is 0 Å². The first-order chi connectivity index (χ1) is 9.83. The Bertz CT molecular complexity index is 110. The van der Waals surface area contributed by atoms with Gasteiger partial charge in [-0.3, -0.25) is 0 Å². The first kappa shape index (κ1) is 25.2. The predicted molar refractivity (Wildman–Crippen MR) is 131 cm³/mol. The van der Waals surface area contributed by atoms with Crippen LogP contribution in [0.5, 0.6) is 0 Å². The van der Waals surface area contributed by atoms with E-state index in [-0.39, 0.29) is 0 Å². The summed E-state index contributed by atoms with van der Waals surface area (Å²) in [6.45, 7) is 0. The first-order valence-corrected chi connectivity index (χ1v) is 14.2. The molecule has 0 aromatic rings. The lowest BCUT2D eigenvalue weighted by molar-refractivity contribution is 0.633. The number of unbranched alkanes of at least 4 members (excludes halogenated alkanes) is 10. The van der Waals surface area contributed by atoms with Gasteiger partial charge in [-0.2, -0.15) is 0 Å². The Morgan fingerprint density at radius 2 is 0.400 bits per heavy atom. The first-order valence-electron chi connectivity index (χ1n) is 8.07. The lowest BCUT2D eigenvalue weighted by Gasteiger charge is -1.96. The third-order valence-electron chi connectivity index (χ3n) is 3.03. The Labute approximate surface area is 182 Å². The molecule has 0 unspecified atom stereocenters. The number of hydrogen-bond donors (Lipinski definition) is 0. The fourth-order valence-electron chi connectivity index (χ4n) is 1.79. The third kappa shape index (κ3) is 29.0. The summed E-state index contributed by atoms with van der Waals surface area (Å²) in [6, 6.07) is 0. The zero-order chi connectivity index (χ0) is 15.3. The van der Waals surface area contributed by atoms with Gasteiger partial charge in [0.15, 0.2) is 0 Å². The molecule has 0 saturated carbocycles. The summed E-state index contributed by atoms with van der Waals surface area (Å²) < 4.78 is 5.35. The van der Waals surface area contributed by atoms with E-state index in [0.29, 0.717) is 0 Å². The molecule has 4 heteroatoms. The van der Waals surface area contributed by atoms with Crippen molar-refractivity contribution in [1.82, 2.24) is 0 Å². The predicted octanol–water partition coefficient (Wildman–Crippen LogP) is 8.39. The van der Waals surface area contributed by atoms with E-state index in [1.807, 2.05) is 0 Å². The Morgan fingerprint density at radius 1 is 0.250 bits per heavy atom. The number of rotatable bonds is 14.